The van der Waals surface area contributed by atoms with Gasteiger partial charge in [0.25, 0.3) is 0 Å². The van der Waals surface area contributed by atoms with Gasteiger partial charge in [0, 0.05) is 11.4 Å². The summed E-state index contributed by atoms with van der Waals surface area (Å²) in [5.74, 6) is 0.827. The molecule has 6 heteroatoms. The van der Waals surface area contributed by atoms with Crippen LogP contribution in [0.15, 0.2) is 29.4 Å². The minimum atomic E-state index is -0.0961. The molecule has 0 unspecified atom stereocenters. The third-order valence-corrected chi connectivity index (χ3v) is 4.68. The molecule has 5 nitrogen and oxygen atoms in total. The van der Waals surface area contributed by atoms with E-state index in [1.54, 1.807) is 7.11 Å². The van der Waals surface area contributed by atoms with E-state index in [1.165, 1.54) is 17.3 Å². The highest BCUT2D eigenvalue weighted by molar-refractivity contribution is 7.99. The number of carbonyl (C=O) groups excluding carboxylic acids is 1. The fourth-order valence-corrected chi connectivity index (χ4v) is 3.43. The van der Waals surface area contributed by atoms with Crippen LogP contribution in [0.3, 0.4) is 0 Å². The Bertz CT molecular complexity index is 734. The van der Waals surface area contributed by atoms with Gasteiger partial charge >= 0.3 is 0 Å². The minimum absolute atomic E-state index is 0.0961. The van der Waals surface area contributed by atoms with E-state index in [4.69, 9.17) is 4.74 Å². The van der Waals surface area contributed by atoms with E-state index in [0.717, 1.165) is 30.7 Å². The molecule has 1 aliphatic rings. The SMILES string of the molecule is COc1ccccc1NC(=O)CSc1nc(C)c2c(n1)CCC2. The molecule has 3 rings (SSSR count). The number of carbonyl (C=O) groups is 1. The summed E-state index contributed by atoms with van der Waals surface area (Å²) < 4.78 is 5.23. The average Bonchev–Trinajstić information content (AvgIpc) is 3.02. The van der Waals surface area contributed by atoms with E-state index in [0.29, 0.717) is 16.6 Å². The Hall–Kier alpha value is -2.08. The molecule has 2 aromatic rings. The highest BCUT2D eigenvalue weighted by Gasteiger charge is 2.17. The number of aromatic nitrogens is 2. The number of anilines is 1. The van der Waals surface area contributed by atoms with Gasteiger partial charge in [-0.2, -0.15) is 0 Å². The molecule has 1 aromatic carbocycles. The lowest BCUT2D eigenvalue weighted by atomic mass is 10.2. The highest BCUT2D eigenvalue weighted by Crippen LogP contribution is 2.26. The Morgan fingerprint density at radius 2 is 2.13 bits per heavy atom. The predicted molar refractivity (Wildman–Crippen MR) is 91.1 cm³/mol. The quantitative estimate of drug-likeness (QED) is 0.675. The van der Waals surface area contributed by atoms with Crippen LogP contribution >= 0.6 is 11.8 Å². The van der Waals surface area contributed by atoms with Gasteiger partial charge in [-0.05, 0) is 43.9 Å². The molecule has 0 saturated heterocycles. The molecule has 1 aromatic heterocycles. The van der Waals surface area contributed by atoms with E-state index in [2.05, 4.69) is 15.3 Å². The summed E-state index contributed by atoms with van der Waals surface area (Å²) in [7, 11) is 1.58. The monoisotopic (exact) mass is 329 g/mol. The van der Waals surface area contributed by atoms with Crippen molar-refractivity contribution in [2.75, 3.05) is 18.2 Å². The van der Waals surface area contributed by atoms with Crippen molar-refractivity contribution in [2.45, 2.75) is 31.3 Å². The van der Waals surface area contributed by atoms with Crippen LogP contribution in [0.1, 0.15) is 23.4 Å². The van der Waals surface area contributed by atoms with Gasteiger partial charge < -0.3 is 10.1 Å². The van der Waals surface area contributed by atoms with Crippen molar-refractivity contribution < 1.29 is 9.53 Å². The topological polar surface area (TPSA) is 64.1 Å². The molecule has 0 aliphatic heterocycles. The molecule has 0 saturated carbocycles. The van der Waals surface area contributed by atoms with Gasteiger partial charge in [-0.1, -0.05) is 23.9 Å². The van der Waals surface area contributed by atoms with E-state index in [1.807, 2.05) is 31.2 Å². The molecule has 1 amide bonds. The first kappa shape index (κ1) is 15.8. The summed E-state index contributed by atoms with van der Waals surface area (Å²) in [5, 5.41) is 3.54. The second kappa shape index (κ2) is 7.00. The molecule has 0 spiro atoms. The van der Waals surface area contributed by atoms with E-state index < -0.39 is 0 Å². The molecule has 0 bridgehead atoms. The van der Waals surface area contributed by atoms with Crippen molar-refractivity contribution in [1.82, 2.24) is 9.97 Å². The van der Waals surface area contributed by atoms with Gasteiger partial charge in [-0.25, -0.2) is 9.97 Å². The lowest BCUT2D eigenvalue weighted by Gasteiger charge is -2.10. The Morgan fingerprint density at radius 3 is 2.96 bits per heavy atom. The van der Waals surface area contributed by atoms with E-state index >= 15 is 0 Å². The zero-order valence-corrected chi connectivity index (χ0v) is 14.1. The Labute approximate surface area is 139 Å². The van der Waals surface area contributed by atoms with Gasteiger partial charge in [-0.3, -0.25) is 4.79 Å². The molecule has 1 N–H and O–H groups in total. The second-order valence-corrected chi connectivity index (χ2v) is 6.35. The predicted octanol–water partition coefficient (Wildman–Crippen LogP) is 3.01. The van der Waals surface area contributed by atoms with Crippen LogP contribution in [-0.2, 0) is 17.6 Å². The first-order chi connectivity index (χ1) is 11.2. The zero-order valence-electron chi connectivity index (χ0n) is 13.3. The zero-order chi connectivity index (χ0) is 16.2. The Morgan fingerprint density at radius 1 is 1.30 bits per heavy atom. The molecular weight excluding hydrogens is 310 g/mol. The van der Waals surface area contributed by atoms with Gasteiger partial charge in [0.15, 0.2) is 5.16 Å². The van der Waals surface area contributed by atoms with Crippen LogP contribution in [0.5, 0.6) is 5.75 Å². The number of hydrogen-bond donors (Lipinski definition) is 1. The van der Waals surface area contributed by atoms with Crippen molar-refractivity contribution in [3.8, 4) is 5.75 Å². The largest absolute Gasteiger partial charge is 0.495 e. The van der Waals surface area contributed by atoms with Crippen LogP contribution in [0, 0.1) is 6.92 Å². The van der Waals surface area contributed by atoms with Crippen LogP contribution in [-0.4, -0.2) is 28.7 Å². The fraction of sp³-hybridized carbons (Fsp3) is 0.353. The van der Waals surface area contributed by atoms with Crippen LogP contribution in [0.4, 0.5) is 5.69 Å². The summed E-state index contributed by atoms with van der Waals surface area (Å²) in [5.41, 5.74) is 4.14. The number of benzene rings is 1. The van der Waals surface area contributed by atoms with Gasteiger partial charge in [0.05, 0.1) is 18.6 Å². The molecule has 0 radical (unpaired) electrons. The number of amides is 1. The molecule has 0 atom stereocenters. The molecule has 1 heterocycles. The number of nitrogens with one attached hydrogen (secondary N) is 1. The summed E-state index contributed by atoms with van der Waals surface area (Å²) in [6.45, 7) is 2.02. The highest BCUT2D eigenvalue weighted by atomic mass is 32.2. The molecule has 0 fully saturated rings. The van der Waals surface area contributed by atoms with Gasteiger partial charge in [-0.15, -0.1) is 0 Å². The smallest absolute Gasteiger partial charge is 0.234 e. The maximum Gasteiger partial charge on any atom is 0.234 e. The van der Waals surface area contributed by atoms with Crippen molar-refractivity contribution >= 4 is 23.4 Å². The summed E-state index contributed by atoms with van der Waals surface area (Å²) in [4.78, 5) is 21.2. The van der Waals surface area contributed by atoms with E-state index in [9.17, 15) is 4.79 Å². The fourth-order valence-electron chi connectivity index (χ4n) is 2.72. The molecule has 23 heavy (non-hydrogen) atoms. The van der Waals surface area contributed by atoms with Gasteiger partial charge in [0.1, 0.15) is 5.75 Å². The van der Waals surface area contributed by atoms with Crippen molar-refractivity contribution in [2.24, 2.45) is 0 Å². The summed E-state index contributed by atoms with van der Waals surface area (Å²) in [6, 6.07) is 7.36. The van der Waals surface area contributed by atoms with Gasteiger partial charge in [0.2, 0.25) is 5.91 Å². The summed E-state index contributed by atoms with van der Waals surface area (Å²) in [6.07, 6.45) is 3.23. The molecular formula is C17H19N3O2S. The number of rotatable bonds is 5. The third-order valence-electron chi connectivity index (χ3n) is 3.83. The number of aryl methyl sites for hydroxylation is 2. The number of methoxy groups -OCH3 is 1. The normalized spacial score (nSPS) is 12.8. The number of ether oxygens (including phenoxy) is 1. The maximum atomic E-state index is 12.1. The standard InChI is InChI=1S/C17H19N3O2S/c1-11-12-6-5-8-13(12)20-17(18-11)23-10-16(21)19-14-7-3-4-9-15(14)22-2/h3-4,7,9H,5-6,8,10H2,1-2H3,(H,19,21). The van der Waals surface area contributed by atoms with Crippen LogP contribution in [0.2, 0.25) is 0 Å². The first-order valence-corrected chi connectivity index (χ1v) is 8.58. The molecule has 120 valence electrons. The Kier molecular flexibility index (Phi) is 4.81. The van der Waals surface area contributed by atoms with Crippen LogP contribution < -0.4 is 10.1 Å². The number of thioether (sulfide) groups is 1. The van der Waals surface area contributed by atoms with Crippen molar-refractivity contribution in [3.05, 3.63) is 41.2 Å². The second-order valence-electron chi connectivity index (χ2n) is 5.41. The lowest BCUT2D eigenvalue weighted by Crippen LogP contribution is -2.15. The lowest BCUT2D eigenvalue weighted by molar-refractivity contribution is -0.113. The first-order valence-electron chi connectivity index (χ1n) is 7.59. The minimum Gasteiger partial charge on any atom is -0.495 e. The Balaban J connectivity index is 1.62. The number of para-hydroxylation sites is 2. The summed E-state index contributed by atoms with van der Waals surface area (Å²) >= 11 is 1.37. The number of hydrogen-bond acceptors (Lipinski definition) is 5. The average molecular weight is 329 g/mol. The van der Waals surface area contributed by atoms with Crippen LogP contribution in [0.25, 0.3) is 0 Å². The number of nitrogens with zero attached hydrogens (tertiary/aromatic N) is 2. The maximum absolute atomic E-state index is 12.1. The van der Waals surface area contributed by atoms with E-state index in [-0.39, 0.29) is 11.7 Å². The van der Waals surface area contributed by atoms with Crippen molar-refractivity contribution in [1.29, 1.82) is 0 Å². The molecule has 1 aliphatic carbocycles. The number of fused-ring (bicyclic) bond motifs is 1. The van der Waals surface area contributed by atoms with Crippen molar-refractivity contribution in [3.63, 3.8) is 0 Å². The third kappa shape index (κ3) is 3.64.